The smallest absolute Gasteiger partial charge is 0.426 e. The zero-order chi connectivity index (χ0) is 11.1. The van der Waals surface area contributed by atoms with Gasteiger partial charge in [-0.2, -0.15) is 0 Å². The summed E-state index contributed by atoms with van der Waals surface area (Å²) in [5, 5.41) is 10.8. The average Bonchev–Trinajstić information content (AvgIpc) is 2.57. The third-order valence-corrected chi connectivity index (χ3v) is 2.06. The SMILES string of the molecule is O=C(O)CCCCCC[n+]1cc(=O)o[nH]1. The summed E-state index contributed by atoms with van der Waals surface area (Å²) < 4.78 is 6.06. The van der Waals surface area contributed by atoms with E-state index in [9.17, 15) is 9.59 Å². The van der Waals surface area contributed by atoms with Gasteiger partial charge in [0.15, 0.2) is 6.54 Å². The van der Waals surface area contributed by atoms with Crippen LogP contribution in [0.4, 0.5) is 0 Å². The molecular formula is C9H15N2O4+. The van der Waals surface area contributed by atoms with Gasteiger partial charge in [-0.1, -0.05) is 11.1 Å². The Morgan fingerprint density at radius 2 is 2.13 bits per heavy atom. The van der Waals surface area contributed by atoms with E-state index in [1.54, 1.807) is 4.68 Å². The summed E-state index contributed by atoms with van der Waals surface area (Å²) in [7, 11) is 0. The second-order valence-electron chi connectivity index (χ2n) is 3.39. The predicted molar refractivity (Wildman–Crippen MR) is 50.2 cm³/mol. The summed E-state index contributed by atoms with van der Waals surface area (Å²) in [6.45, 7) is 0.693. The average molecular weight is 215 g/mol. The number of H-pyrrole nitrogens is 1. The van der Waals surface area contributed by atoms with Crippen molar-refractivity contribution >= 4 is 5.97 Å². The van der Waals surface area contributed by atoms with Gasteiger partial charge in [0.1, 0.15) is 0 Å². The topological polar surface area (TPSA) is 87.2 Å². The largest absolute Gasteiger partial charge is 0.481 e. The fourth-order valence-corrected chi connectivity index (χ4v) is 1.31. The molecule has 0 saturated heterocycles. The van der Waals surface area contributed by atoms with Crippen LogP contribution in [0.1, 0.15) is 32.1 Å². The van der Waals surface area contributed by atoms with Crippen LogP contribution in [0, 0.1) is 0 Å². The highest BCUT2D eigenvalue weighted by atomic mass is 16.5. The molecule has 0 bridgehead atoms. The first-order valence-electron chi connectivity index (χ1n) is 4.98. The molecule has 0 amide bonds. The van der Waals surface area contributed by atoms with E-state index in [1.165, 1.54) is 6.20 Å². The number of rotatable bonds is 7. The van der Waals surface area contributed by atoms with Gasteiger partial charge in [-0.25, -0.2) is 4.79 Å². The summed E-state index contributed by atoms with van der Waals surface area (Å²) >= 11 is 0. The highest BCUT2D eigenvalue weighted by Gasteiger charge is 2.04. The Bertz CT molecular complexity index is 355. The van der Waals surface area contributed by atoms with Gasteiger partial charge < -0.3 is 5.11 Å². The minimum Gasteiger partial charge on any atom is -0.481 e. The van der Waals surface area contributed by atoms with Crippen molar-refractivity contribution in [1.82, 2.24) is 5.27 Å². The Labute approximate surface area is 86.5 Å². The second-order valence-corrected chi connectivity index (χ2v) is 3.39. The van der Waals surface area contributed by atoms with Crippen LogP contribution < -0.4 is 10.3 Å². The Balaban J connectivity index is 2.02. The molecular weight excluding hydrogens is 200 g/mol. The number of unbranched alkanes of at least 4 members (excludes halogenated alkanes) is 3. The lowest BCUT2D eigenvalue weighted by Gasteiger charge is -1.95. The van der Waals surface area contributed by atoms with Crippen LogP contribution in [0.3, 0.4) is 0 Å². The number of aromatic nitrogens is 2. The first-order chi connectivity index (χ1) is 7.18. The summed E-state index contributed by atoms with van der Waals surface area (Å²) in [6, 6.07) is 0. The molecule has 0 aliphatic rings. The predicted octanol–water partition coefficient (Wildman–Crippen LogP) is 0.291. The number of carboxylic acids is 1. The number of nitrogens with zero attached hydrogens (tertiary/aromatic N) is 1. The van der Waals surface area contributed by atoms with Crippen molar-refractivity contribution in [3.05, 3.63) is 16.6 Å². The number of nitrogens with one attached hydrogen (secondary N) is 1. The van der Waals surface area contributed by atoms with Crippen LogP contribution in [0.15, 0.2) is 15.5 Å². The Morgan fingerprint density at radius 3 is 2.73 bits per heavy atom. The van der Waals surface area contributed by atoms with E-state index in [2.05, 4.69) is 9.79 Å². The number of aryl methyl sites for hydroxylation is 1. The molecule has 0 unspecified atom stereocenters. The molecule has 0 aliphatic heterocycles. The molecule has 1 rings (SSSR count). The van der Waals surface area contributed by atoms with Gasteiger partial charge >= 0.3 is 11.6 Å². The molecule has 0 radical (unpaired) electrons. The number of carbonyl (C=O) groups is 1. The van der Waals surface area contributed by atoms with Crippen molar-refractivity contribution in [3.8, 4) is 0 Å². The van der Waals surface area contributed by atoms with E-state index >= 15 is 0 Å². The Kier molecular flexibility index (Phi) is 4.59. The van der Waals surface area contributed by atoms with E-state index in [4.69, 9.17) is 5.11 Å². The molecule has 1 aromatic heterocycles. The van der Waals surface area contributed by atoms with Crippen LogP contribution >= 0.6 is 0 Å². The van der Waals surface area contributed by atoms with E-state index in [0.29, 0.717) is 13.0 Å². The molecule has 0 fully saturated rings. The second kappa shape index (κ2) is 6.00. The van der Waals surface area contributed by atoms with Crippen molar-refractivity contribution < 1.29 is 19.1 Å². The summed E-state index contributed by atoms with van der Waals surface area (Å²) in [5.41, 5.74) is -0.388. The van der Waals surface area contributed by atoms with Gasteiger partial charge in [-0.15, -0.1) is 0 Å². The molecule has 0 atom stereocenters. The third kappa shape index (κ3) is 4.99. The van der Waals surface area contributed by atoms with Crippen molar-refractivity contribution in [2.45, 2.75) is 38.6 Å². The van der Waals surface area contributed by atoms with E-state index in [0.717, 1.165) is 19.3 Å². The van der Waals surface area contributed by atoms with Crippen molar-refractivity contribution in [1.29, 1.82) is 0 Å². The number of aromatic amines is 1. The minimum absolute atomic E-state index is 0.232. The van der Waals surface area contributed by atoms with Gasteiger partial charge in [-0.3, -0.25) is 9.32 Å². The maximum Gasteiger partial charge on any atom is 0.426 e. The van der Waals surface area contributed by atoms with Crippen molar-refractivity contribution in [2.75, 3.05) is 0 Å². The van der Waals surface area contributed by atoms with Crippen LogP contribution in [0.5, 0.6) is 0 Å². The van der Waals surface area contributed by atoms with Gasteiger partial charge in [0.05, 0.1) is 0 Å². The maximum atomic E-state index is 10.6. The minimum atomic E-state index is -0.747. The van der Waals surface area contributed by atoms with Crippen molar-refractivity contribution in [3.63, 3.8) is 0 Å². The highest BCUT2D eigenvalue weighted by molar-refractivity contribution is 5.66. The number of hydrogen-bond donors (Lipinski definition) is 2. The summed E-state index contributed by atoms with van der Waals surface area (Å²) in [5.74, 6) is -0.747. The molecule has 0 aliphatic carbocycles. The molecule has 0 spiro atoms. The quantitative estimate of drug-likeness (QED) is 0.505. The first-order valence-corrected chi connectivity index (χ1v) is 4.98. The maximum absolute atomic E-state index is 10.6. The zero-order valence-corrected chi connectivity index (χ0v) is 8.44. The fourth-order valence-electron chi connectivity index (χ4n) is 1.31. The molecule has 6 heteroatoms. The highest BCUT2D eigenvalue weighted by Crippen LogP contribution is 2.02. The Hall–Kier alpha value is -1.59. The van der Waals surface area contributed by atoms with Crippen LogP contribution in [0.25, 0.3) is 0 Å². The van der Waals surface area contributed by atoms with Gasteiger partial charge in [0.25, 0.3) is 6.20 Å². The van der Waals surface area contributed by atoms with Crippen molar-refractivity contribution in [2.24, 2.45) is 0 Å². The molecule has 1 heterocycles. The van der Waals surface area contributed by atoms with Gasteiger partial charge in [-0.05, 0) is 18.1 Å². The van der Waals surface area contributed by atoms with Gasteiger partial charge in [0, 0.05) is 12.8 Å². The van der Waals surface area contributed by atoms with E-state index < -0.39 is 5.97 Å². The van der Waals surface area contributed by atoms with Crippen LogP contribution in [0.2, 0.25) is 0 Å². The molecule has 84 valence electrons. The lowest BCUT2D eigenvalue weighted by molar-refractivity contribution is -0.762. The number of aliphatic carboxylic acids is 1. The lowest BCUT2D eigenvalue weighted by atomic mass is 10.1. The summed E-state index contributed by atoms with van der Waals surface area (Å²) in [4.78, 5) is 20.8. The molecule has 0 aromatic carbocycles. The fraction of sp³-hybridized carbons (Fsp3) is 0.667. The van der Waals surface area contributed by atoms with E-state index in [1.807, 2.05) is 0 Å². The van der Waals surface area contributed by atoms with E-state index in [-0.39, 0.29) is 12.0 Å². The Morgan fingerprint density at radius 1 is 1.40 bits per heavy atom. The van der Waals surface area contributed by atoms with Crippen LogP contribution in [-0.2, 0) is 11.3 Å². The summed E-state index contributed by atoms with van der Waals surface area (Å²) in [6.07, 6.45) is 5.05. The lowest BCUT2D eigenvalue weighted by Crippen LogP contribution is -2.35. The zero-order valence-electron chi connectivity index (χ0n) is 8.44. The normalized spacial score (nSPS) is 10.4. The molecule has 2 N–H and O–H groups in total. The third-order valence-electron chi connectivity index (χ3n) is 2.06. The van der Waals surface area contributed by atoms with Crippen LogP contribution in [-0.4, -0.2) is 16.3 Å². The molecule has 15 heavy (non-hydrogen) atoms. The standard InChI is InChI=1S/C9H14N2O4/c12-8(13)5-3-1-2-4-6-11-7-9(14)15-10-11/h7H,1-6H2,(H-,10,12,13,14)/p+1. The first kappa shape index (κ1) is 11.5. The molecule has 0 saturated carbocycles. The monoisotopic (exact) mass is 215 g/mol. The van der Waals surface area contributed by atoms with Gasteiger partial charge in [0.2, 0.25) is 0 Å². The number of carboxylic acid groups (broad SMARTS) is 1. The molecule has 1 aromatic rings. The number of hydrogen-bond acceptors (Lipinski definition) is 3. The molecule has 6 nitrogen and oxygen atoms in total.